The van der Waals surface area contributed by atoms with Gasteiger partial charge in [0.25, 0.3) is 0 Å². The van der Waals surface area contributed by atoms with Crippen molar-refractivity contribution in [3.05, 3.63) is 88.8 Å². The number of benzene rings is 2. The molecule has 5 heteroatoms. The molecular formula is C22H15BrN4. The highest BCUT2D eigenvalue weighted by Gasteiger charge is 2.08. The van der Waals surface area contributed by atoms with Crippen molar-refractivity contribution in [1.82, 2.24) is 9.97 Å². The van der Waals surface area contributed by atoms with Gasteiger partial charge in [-0.3, -0.25) is 4.98 Å². The zero-order valence-electron chi connectivity index (χ0n) is 14.4. The Morgan fingerprint density at radius 3 is 2.56 bits per heavy atom. The van der Waals surface area contributed by atoms with Crippen LogP contribution in [0.15, 0.2) is 77.5 Å². The van der Waals surface area contributed by atoms with Gasteiger partial charge in [-0.15, -0.1) is 0 Å². The Morgan fingerprint density at radius 1 is 0.963 bits per heavy atom. The van der Waals surface area contributed by atoms with Gasteiger partial charge in [-0.25, -0.2) is 4.98 Å². The standard InChI is InChI=1S/C22H15BrN4/c23-17-7-4-15(5-8-17)13-27-21-3-1-2-20-19(10-11-25-22(20)21)16-6-9-18(12-24)26-14-16/h1-11,14,27H,13H2. The van der Waals surface area contributed by atoms with Crippen LogP contribution in [0.4, 0.5) is 5.69 Å². The van der Waals surface area contributed by atoms with Crippen molar-refractivity contribution in [2.24, 2.45) is 0 Å². The van der Waals surface area contributed by atoms with E-state index in [1.807, 2.05) is 36.4 Å². The summed E-state index contributed by atoms with van der Waals surface area (Å²) in [6.07, 6.45) is 3.54. The summed E-state index contributed by atoms with van der Waals surface area (Å²) in [6.45, 7) is 0.719. The molecule has 27 heavy (non-hydrogen) atoms. The van der Waals surface area contributed by atoms with Gasteiger partial charge in [-0.1, -0.05) is 40.2 Å². The van der Waals surface area contributed by atoms with Gasteiger partial charge in [0, 0.05) is 34.4 Å². The number of fused-ring (bicyclic) bond motifs is 1. The molecule has 0 aliphatic carbocycles. The monoisotopic (exact) mass is 414 g/mol. The van der Waals surface area contributed by atoms with Gasteiger partial charge in [0.2, 0.25) is 0 Å². The summed E-state index contributed by atoms with van der Waals surface area (Å²) in [5.41, 5.74) is 5.52. The predicted molar refractivity (Wildman–Crippen MR) is 111 cm³/mol. The molecule has 0 spiro atoms. The summed E-state index contributed by atoms with van der Waals surface area (Å²) in [4.78, 5) is 8.77. The Balaban J connectivity index is 1.69. The lowest BCUT2D eigenvalue weighted by molar-refractivity contribution is 1.15. The Kier molecular flexibility index (Phi) is 4.82. The summed E-state index contributed by atoms with van der Waals surface area (Å²) in [6, 6.07) is 22.0. The van der Waals surface area contributed by atoms with Crippen LogP contribution in [-0.4, -0.2) is 9.97 Å². The first-order chi connectivity index (χ1) is 13.2. The average molecular weight is 415 g/mol. The fraction of sp³-hybridized carbons (Fsp3) is 0.0455. The molecule has 4 rings (SSSR count). The smallest absolute Gasteiger partial charge is 0.140 e. The van der Waals surface area contributed by atoms with Gasteiger partial charge in [0.15, 0.2) is 0 Å². The molecule has 2 heterocycles. The third-order valence-corrected chi connectivity index (χ3v) is 4.88. The number of pyridine rings is 2. The van der Waals surface area contributed by atoms with E-state index >= 15 is 0 Å². The van der Waals surface area contributed by atoms with Crippen LogP contribution in [0.5, 0.6) is 0 Å². The maximum atomic E-state index is 8.94. The third-order valence-electron chi connectivity index (χ3n) is 4.36. The van der Waals surface area contributed by atoms with E-state index in [-0.39, 0.29) is 0 Å². The van der Waals surface area contributed by atoms with Gasteiger partial charge in [0.1, 0.15) is 11.8 Å². The van der Waals surface area contributed by atoms with Gasteiger partial charge < -0.3 is 5.32 Å². The number of rotatable bonds is 4. The molecule has 2 aromatic heterocycles. The van der Waals surface area contributed by atoms with E-state index in [1.54, 1.807) is 18.5 Å². The summed E-state index contributed by atoms with van der Waals surface area (Å²) >= 11 is 3.46. The highest BCUT2D eigenvalue weighted by molar-refractivity contribution is 9.10. The van der Waals surface area contributed by atoms with E-state index < -0.39 is 0 Å². The highest BCUT2D eigenvalue weighted by Crippen LogP contribution is 2.31. The molecule has 0 saturated carbocycles. The zero-order chi connectivity index (χ0) is 18.6. The number of aromatic nitrogens is 2. The quantitative estimate of drug-likeness (QED) is 0.475. The molecule has 0 radical (unpaired) electrons. The van der Waals surface area contributed by atoms with Crippen LogP contribution in [0.2, 0.25) is 0 Å². The van der Waals surface area contributed by atoms with Gasteiger partial charge in [-0.05, 0) is 47.5 Å². The van der Waals surface area contributed by atoms with Crippen molar-refractivity contribution < 1.29 is 0 Å². The number of anilines is 1. The Bertz CT molecular complexity index is 1130. The fourth-order valence-electron chi connectivity index (χ4n) is 2.99. The first-order valence-corrected chi connectivity index (χ1v) is 9.26. The molecule has 0 unspecified atom stereocenters. The highest BCUT2D eigenvalue weighted by atomic mass is 79.9. The van der Waals surface area contributed by atoms with Crippen LogP contribution in [0, 0.1) is 11.3 Å². The number of halogens is 1. The minimum absolute atomic E-state index is 0.411. The largest absolute Gasteiger partial charge is 0.379 e. The summed E-state index contributed by atoms with van der Waals surface area (Å²) in [7, 11) is 0. The van der Waals surface area contributed by atoms with Gasteiger partial charge in [0.05, 0.1) is 11.2 Å². The lowest BCUT2D eigenvalue weighted by Gasteiger charge is -2.12. The summed E-state index contributed by atoms with van der Waals surface area (Å²) in [5.74, 6) is 0. The fourth-order valence-corrected chi connectivity index (χ4v) is 3.25. The molecule has 0 aliphatic heterocycles. The van der Waals surface area contributed by atoms with Crippen molar-refractivity contribution >= 4 is 32.5 Å². The zero-order valence-corrected chi connectivity index (χ0v) is 15.9. The Morgan fingerprint density at radius 2 is 1.81 bits per heavy atom. The average Bonchev–Trinajstić information content (AvgIpc) is 2.73. The lowest BCUT2D eigenvalue weighted by Crippen LogP contribution is -2.00. The molecule has 0 amide bonds. The van der Waals surface area contributed by atoms with Crippen molar-refractivity contribution in [3.63, 3.8) is 0 Å². The molecule has 0 bridgehead atoms. The molecule has 130 valence electrons. The minimum atomic E-state index is 0.411. The van der Waals surface area contributed by atoms with Gasteiger partial charge >= 0.3 is 0 Å². The van der Waals surface area contributed by atoms with E-state index in [2.05, 4.69) is 55.5 Å². The van der Waals surface area contributed by atoms with Crippen molar-refractivity contribution in [1.29, 1.82) is 5.26 Å². The molecule has 0 fully saturated rings. The van der Waals surface area contributed by atoms with Crippen molar-refractivity contribution in [3.8, 4) is 17.2 Å². The minimum Gasteiger partial charge on any atom is -0.379 e. The van der Waals surface area contributed by atoms with Crippen LogP contribution in [0.1, 0.15) is 11.3 Å². The first kappa shape index (κ1) is 17.2. The lowest BCUT2D eigenvalue weighted by atomic mass is 10.0. The molecule has 2 aromatic carbocycles. The van der Waals surface area contributed by atoms with Crippen molar-refractivity contribution in [2.45, 2.75) is 6.54 Å². The Hall–Kier alpha value is -3.23. The van der Waals surface area contributed by atoms with E-state index in [0.717, 1.165) is 38.7 Å². The molecule has 0 saturated heterocycles. The van der Waals surface area contributed by atoms with Crippen LogP contribution < -0.4 is 5.32 Å². The van der Waals surface area contributed by atoms with Gasteiger partial charge in [-0.2, -0.15) is 5.26 Å². The SMILES string of the molecule is N#Cc1ccc(-c2ccnc3c(NCc4ccc(Br)cc4)cccc23)cn1. The maximum absolute atomic E-state index is 8.94. The normalized spacial score (nSPS) is 10.5. The number of hydrogen-bond donors (Lipinski definition) is 1. The van der Waals surface area contributed by atoms with E-state index in [9.17, 15) is 0 Å². The summed E-state index contributed by atoms with van der Waals surface area (Å²) < 4.78 is 1.07. The van der Waals surface area contributed by atoms with Crippen molar-refractivity contribution in [2.75, 3.05) is 5.32 Å². The van der Waals surface area contributed by atoms with Crippen LogP contribution >= 0.6 is 15.9 Å². The molecule has 0 atom stereocenters. The molecule has 1 N–H and O–H groups in total. The first-order valence-electron chi connectivity index (χ1n) is 8.47. The molecule has 0 aliphatic rings. The molecule has 4 aromatic rings. The van der Waals surface area contributed by atoms with Crippen LogP contribution in [0.25, 0.3) is 22.0 Å². The number of hydrogen-bond acceptors (Lipinski definition) is 4. The number of nitrogens with zero attached hydrogens (tertiary/aromatic N) is 3. The topological polar surface area (TPSA) is 61.6 Å². The van der Waals surface area contributed by atoms with E-state index in [1.165, 1.54) is 5.56 Å². The maximum Gasteiger partial charge on any atom is 0.140 e. The second kappa shape index (κ2) is 7.56. The third kappa shape index (κ3) is 3.67. The molecular weight excluding hydrogens is 400 g/mol. The molecule has 4 nitrogen and oxygen atoms in total. The van der Waals surface area contributed by atoms with E-state index in [4.69, 9.17) is 5.26 Å². The van der Waals surface area contributed by atoms with E-state index in [0.29, 0.717) is 5.69 Å². The second-order valence-electron chi connectivity index (χ2n) is 6.08. The van der Waals surface area contributed by atoms with Crippen LogP contribution in [-0.2, 0) is 6.54 Å². The second-order valence-corrected chi connectivity index (χ2v) is 7.00. The Labute approximate surface area is 165 Å². The summed E-state index contributed by atoms with van der Waals surface area (Å²) in [5, 5.41) is 13.5. The van der Waals surface area contributed by atoms with Crippen LogP contribution in [0.3, 0.4) is 0 Å². The predicted octanol–water partition coefficient (Wildman–Crippen LogP) is 5.54. The number of para-hydroxylation sites is 1. The number of nitriles is 1. The number of nitrogens with one attached hydrogen (secondary N) is 1.